The highest BCUT2D eigenvalue weighted by molar-refractivity contribution is 5.78. The lowest BCUT2D eigenvalue weighted by Crippen LogP contribution is -2.47. The van der Waals surface area contributed by atoms with Gasteiger partial charge in [-0.25, -0.2) is 4.79 Å². The van der Waals surface area contributed by atoms with E-state index in [9.17, 15) is 14.7 Å². The Balaban J connectivity index is 1.88. The highest BCUT2D eigenvalue weighted by atomic mass is 16.4. The van der Waals surface area contributed by atoms with Crippen molar-refractivity contribution in [1.29, 1.82) is 0 Å². The molecular formula is C15H22N2O3. The summed E-state index contributed by atoms with van der Waals surface area (Å²) in [5, 5.41) is 12.2. The lowest BCUT2D eigenvalue weighted by Gasteiger charge is -2.27. The number of carboxylic acids is 1. The van der Waals surface area contributed by atoms with Gasteiger partial charge in [0.2, 0.25) is 0 Å². The molecule has 0 aromatic carbocycles. The molecule has 0 radical (unpaired) electrons. The summed E-state index contributed by atoms with van der Waals surface area (Å²) in [6.45, 7) is 1.16. The predicted octanol–water partition coefficient (Wildman–Crippen LogP) is 1.69. The molecule has 110 valence electrons. The van der Waals surface area contributed by atoms with E-state index in [-0.39, 0.29) is 19.1 Å². The molecule has 20 heavy (non-hydrogen) atoms. The maximum Gasteiger partial charge on any atom is 0.318 e. The topological polar surface area (TPSA) is 69.6 Å². The van der Waals surface area contributed by atoms with Crippen LogP contribution in [0.2, 0.25) is 0 Å². The lowest BCUT2D eigenvalue weighted by atomic mass is 9.86. The Morgan fingerprint density at radius 3 is 2.50 bits per heavy atom. The fourth-order valence-electron chi connectivity index (χ4n) is 2.82. The molecule has 5 nitrogen and oxygen atoms in total. The van der Waals surface area contributed by atoms with Gasteiger partial charge in [-0.3, -0.25) is 4.79 Å². The first kappa shape index (κ1) is 14.7. The van der Waals surface area contributed by atoms with Gasteiger partial charge < -0.3 is 15.3 Å². The second-order valence-electron chi connectivity index (χ2n) is 5.98. The van der Waals surface area contributed by atoms with E-state index in [0.717, 1.165) is 25.7 Å². The number of hydrogen-bond acceptors (Lipinski definition) is 2. The summed E-state index contributed by atoms with van der Waals surface area (Å²) in [6, 6.07) is -0.234. The Labute approximate surface area is 119 Å². The van der Waals surface area contributed by atoms with E-state index in [2.05, 4.69) is 11.2 Å². The first-order valence-electron chi connectivity index (χ1n) is 7.27. The van der Waals surface area contributed by atoms with Crippen LogP contribution in [0.25, 0.3) is 0 Å². The molecule has 2 amide bonds. The molecule has 2 rings (SSSR count). The van der Waals surface area contributed by atoms with Crippen LogP contribution in [0.3, 0.4) is 0 Å². The monoisotopic (exact) mass is 278 g/mol. The van der Waals surface area contributed by atoms with E-state index in [1.54, 1.807) is 4.90 Å². The molecule has 0 saturated heterocycles. The number of carbonyl (C=O) groups is 2. The number of aliphatic carboxylic acids is 1. The average Bonchev–Trinajstić information content (AvgIpc) is 3.10. The minimum absolute atomic E-state index is 0.201. The number of nitrogens with zero attached hydrogens (tertiary/aromatic N) is 1. The number of carbonyl (C=O) groups excluding carboxylic acids is 1. The summed E-state index contributed by atoms with van der Waals surface area (Å²) >= 11 is 0. The number of terminal acetylenes is 1. The van der Waals surface area contributed by atoms with E-state index in [0.29, 0.717) is 25.3 Å². The number of nitrogens with one attached hydrogen (secondary N) is 1. The van der Waals surface area contributed by atoms with Crippen molar-refractivity contribution in [3.05, 3.63) is 0 Å². The lowest BCUT2D eigenvalue weighted by molar-refractivity contribution is -0.148. The minimum Gasteiger partial charge on any atom is -0.481 e. The molecule has 0 heterocycles. The van der Waals surface area contributed by atoms with E-state index in [1.807, 2.05) is 0 Å². The zero-order valence-electron chi connectivity index (χ0n) is 11.7. The van der Waals surface area contributed by atoms with Crippen LogP contribution in [0.1, 0.15) is 38.5 Å². The Morgan fingerprint density at radius 1 is 1.35 bits per heavy atom. The Hall–Kier alpha value is -1.70. The number of hydrogen-bond donors (Lipinski definition) is 2. The van der Waals surface area contributed by atoms with Gasteiger partial charge in [0.05, 0.1) is 12.0 Å². The largest absolute Gasteiger partial charge is 0.481 e. The molecule has 2 aliphatic rings. The van der Waals surface area contributed by atoms with Gasteiger partial charge in [0.25, 0.3) is 0 Å². The molecule has 0 bridgehead atoms. The van der Waals surface area contributed by atoms with Crippen LogP contribution in [0, 0.1) is 23.7 Å². The van der Waals surface area contributed by atoms with Crippen LogP contribution in [-0.2, 0) is 4.79 Å². The molecule has 0 aromatic heterocycles. The van der Waals surface area contributed by atoms with E-state index < -0.39 is 11.4 Å². The SMILES string of the molecule is C#CCN(CC1CC1)C(=O)NCC1(C(=O)O)CCCC1. The van der Waals surface area contributed by atoms with Crippen LogP contribution in [-0.4, -0.2) is 41.6 Å². The third-order valence-corrected chi connectivity index (χ3v) is 4.34. The zero-order valence-corrected chi connectivity index (χ0v) is 11.7. The van der Waals surface area contributed by atoms with Crippen molar-refractivity contribution in [3.8, 4) is 12.3 Å². The third kappa shape index (κ3) is 3.44. The minimum atomic E-state index is -0.805. The second kappa shape index (κ2) is 6.17. The molecule has 2 aliphatic carbocycles. The van der Waals surface area contributed by atoms with Crippen molar-refractivity contribution in [2.75, 3.05) is 19.6 Å². The Morgan fingerprint density at radius 2 is 2.00 bits per heavy atom. The summed E-state index contributed by atoms with van der Waals surface area (Å²) in [5.41, 5.74) is -0.781. The van der Waals surface area contributed by atoms with E-state index in [1.165, 1.54) is 0 Å². The van der Waals surface area contributed by atoms with Crippen molar-refractivity contribution < 1.29 is 14.7 Å². The van der Waals surface area contributed by atoms with Crippen LogP contribution in [0.5, 0.6) is 0 Å². The fraction of sp³-hybridized carbons (Fsp3) is 0.733. The van der Waals surface area contributed by atoms with Crippen LogP contribution in [0.4, 0.5) is 4.79 Å². The molecule has 2 N–H and O–H groups in total. The average molecular weight is 278 g/mol. The van der Waals surface area contributed by atoms with Gasteiger partial charge >= 0.3 is 12.0 Å². The molecule has 5 heteroatoms. The summed E-state index contributed by atoms with van der Waals surface area (Å²) < 4.78 is 0. The van der Waals surface area contributed by atoms with Crippen LogP contribution in [0.15, 0.2) is 0 Å². The van der Waals surface area contributed by atoms with Crippen LogP contribution >= 0.6 is 0 Å². The first-order chi connectivity index (χ1) is 9.57. The van der Waals surface area contributed by atoms with Crippen molar-refractivity contribution in [3.63, 3.8) is 0 Å². The van der Waals surface area contributed by atoms with Gasteiger partial charge in [0.1, 0.15) is 0 Å². The highest BCUT2D eigenvalue weighted by Crippen LogP contribution is 2.37. The fourth-order valence-corrected chi connectivity index (χ4v) is 2.82. The van der Waals surface area contributed by atoms with Gasteiger partial charge in [-0.2, -0.15) is 0 Å². The quantitative estimate of drug-likeness (QED) is 0.726. The maximum absolute atomic E-state index is 12.1. The Bertz CT molecular complexity index is 417. The predicted molar refractivity (Wildman–Crippen MR) is 75.1 cm³/mol. The zero-order chi connectivity index (χ0) is 14.6. The smallest absolute Gasteiger partial charge is 0.318 e. The summed E-state index contributed by atoms with van der Waals surface area (Å²) in [6.07, 6.45) is 10.7. The number of carboxylic acid groups (broad SMARTS) is 1. The molecule has 0 spiro atoms. The molecular weight excluding hydrogens is 256 g/mol. The van der Waals surface area contributed by atoms with Crippen LogP contribution < -0.4 is 5.32 Å². The summed E-state index contributed by atoms with van der Waals surface area (Å²) in [4.78, 5) is 25.2. The van der Waals surface area contributed by atoms with Crippen molar-refractivity contribution >= 4 is 12.0 Å². The van der Waals surface area contributed by atoms with E-state index in [4.69, 9.17) is 6.42 Å². The summed E-state index contributed by atoms with van der Waals surface area (Å²) in [7, 11) is 0. The van der Waals surface area contributed by atoms with Crippen molar-refractivity contribution in [1.82, 2.24) is 10.2 Å². The second-order valence-corrected chi connectivity index (χ2v) is 5.98. The summed E-state index contributed by atoms with van der Waals surface area (Å²) in [5.74, 6) is 2.25. The molecule has 0 aromatic rings. The van der Waals surface area contributed by atoms with Crippen molar-refractivity contribution in [2.24, 2.45) is 11.3 Å². The van der Waals surface area contributed by atoms with E-state index >= 15 is 0 Å². The molecule has 0 unspecified atom stereocenters. The van der Waals surface area contributed by atoms with Gasteiger partial charge in [-0.1, -0.05) is 18.8 Å². The van der Waals surface area contributed by atoms with Crippen molar-refractivity contribution in [2.45, 2.75) is 38.5 Å². The first-order valence-corrected chi connectivity index (χ1v) is 7.27. The van der Waals surface area contributed by atoms with Gasteiger partial charge in [0.15, 0.2) is 0 Å². The highest BCUT2D eigenvalue weighted by Gasteiger charge is 2.41. The maximum atomic E-state index is 12.1. The van der Waals surface area contributed by atoms with Gasteiger partial charge in [0, 0.05) is 13.1 Å². The van der Waals surface area contributed by atoms with Gasteiger partial charge in [-0.15, -0.1) is 6.42 Å². The third-order valence-electron chi connectivity index (χ3n) is 4.34. The number of amides is 2. The normalized spacial score (nSPS) is 20.1. The molecule has 0 atom stereocenters. The standard InChI is InChI=1S/C15H22N2O3/c1-2-9-17(10-12-5-6-12)14(20)16-11-15(13(18)19)7-3-4-8-15/h1,12H,3-11H2,(H,16,20)(H,18,19). The molecule has 0 aliphatic heterocycles. The number of rotatable bonds is 6. The molecule has 2 fully saturated rings. The van der Waals surface area contributed by atoms with Gasteiger partial charge in [-0.05, 0) is 31.6 Å². The molecule has 2 saturated carbocycles. The number of urea groups is 1. The Kier molecular flexibility index (Phi) is 4.53.